The molecule has 1 aliphatic rings. The van der Waals surface area contributed by atoms with Crippen LogP contribution in [-0.4, -0.2) is 47.1 Å². The Labute approximate surface area is 206 Å². The topological polar surface area (TPSA) is 78.4 Å². The Balaban J connectivity index is 1.33. The Kier molecular flexibility index (Phi) is 7.05. The van der Waals surface area contributed by atoms with Gasteiger partial charge in [-0.3, -0.25) is 4.57 Å². The molecule has 0 spiro atoms. The number of nitrogens with zero attached hydrogens (tertiary/aromatic N) is 5. The van der Waals surface area contributed by atoms with Crippen LogP contribution in [0, 0.1) is 0 Å². The van der Waals surface area contributed by atoms with Gasteiger partial charge in [-0.25, -0.2) is 4.98 Å². The van der Waals surface area contributed by atoms with Gasteiger partial charge in [0, 0.05) is 29.8 Å². The van der Waals surface area contributed by atoms with Crippen LogP contribution in [0.1, 0.15) is 30.7 Å². The first kappa shape index (κ1) is 22.8. The number of ether oxygens (including phenoxy) is 2. The van der Waals surface area contributed by atoms with Gasteiger partial charge in [-0.2, -0.15) is 0 Å². The van der Waals surface area contributed by atoms with Crippen molar-refractivity contribution in [1.82, 2.24) is 19.7 Å². The minimum Gasteiger partial charge on any atom is -0.493 e. The zero-order valence-electron chi connectivity index (χ0n) is 19.3. The van der Waals surface area contributed by atoms with Gasteiger partial charge in [0.15, 0.2) is 16.7 Å². The number of benzene rings is 1. The molecule has 0 aliphatic carbocycles. The van der Waals surface area contributed by atoms with E-state index in [1.54, 1.807) is 43.6 Å². The lowest BCUT2D eigenvalue weighted by atomic mass is 10.1. The van der Waals surface area contributed by atoms with Gasteiger partial charge in [0.1, 0.15) is 10.8 Å². The molecule has 1 fully saturated rings. The van der Waals surface area contributed by atoms with Crippen LogP contribution in [0.2, 0.25) is 0 Å². The quantitative estimate of drug-likeness (QED) is 0.287. The maximum absolute atomic E-state index is 5.62. The van der Waals surface area contributed by atoms with Crippen molar-refractivity contribution in [2.75, 3.05) is 32.2 Å². The molecule has 178 valence electrons. The van der Waals surface area contributed by atoms with E-state index in [0.717, 1.165) is 46.2 Å². The van der Waals surface area contributed by atoms with Crippen LogP contribution in [0.4, 0.5) is 5.95 Å². The minimum atomic E-state index is 0.613. The zero-order valence-corrected chi connectivity index (χ0v) is 20.9. The average Bonchev–Trinajstić information content (AvgIpc) is 3.65. The molecule has 0 N–H and O–H groups in total. The zero-order chi connectivity index (χ0) is 23.3. The fourth-order valence-corrected chi connectivity index (χ4v) is 5.77. The number of furan rings is 1. The smallest absolute Gasteiger partial charge is 0.228 e. The molecule has 34 heavy (non-hydrogen) atoms. The van der Waals surface area contributed by atoms with E-state index in [1.165, 1.54) is 19.3 Å². The second kappa shape index (κ2) is 10.5. The summed E-state index contributed by atoms with van der Waals surface area (Å²) in [5.74, 6) is 3.92. The minimum absolute atomic E-state index is 0.613. The van der Waals surface area contributed by atoms with E-state index in [-0.39, 0.29) is 0 Å². The van der Waals surface area contributed by atoms with Crippen LogP contribution >= 0.6 is 23.1 Å². The van der Waals surface area contributed by atoms with Gasteiger partial charge >= 0.3 is 0 Å². The van der Waals surface area contributed by atoms with E-state index in [0.29, 0.717) is 23.8 Å². The van der Waals surface area contributed by atoms with Crippen LogP contribution in [0.25, 0.3) is 10.6 Å². The Morgan fingerprint density at radius 3 is 2.68 bits per heavy atom. The summed E-state index contributed by atoms with van der Waals surface area (Å²) in [6.45, 7) is 2.64. The number of rotatable bonds is 9. The van der Waals surface area contributed by atoms with Crippen molar-refractivity contribution in [3.8, 4) is 22.1 Å². The summed E-state index contributed by atoms with van der Waals surface area (Å²) in [4.78, 5) is 7.18. The first-order valence-electron chi connectivity index (χ1n) is 11.3. The maximum atomic E-state index is 5.62. The van der Waals surface area contributed by atoms with E-state index in [2.05, 4.69) is 25.0 Å². The number of hydrogen-bond donors (Lipinski definition) is 0. The van der Waals surface area contributed by atoms with Crippen molar-refractivity contribution < 1.29 is 13.9 Å². The molecule has 0 radical (unpaired) electrons. The van der Waals surface area contributed by atoms with Crippen LogP contribution in [0.3, 0.4) is 0 Å². The number of anilines is 1. The van der Waals surface area contributed by atoms with Crippen molar-refractivity contribution >= 4 is 29.0 Å². The lowest BCUT2D eigenvalue weighted by Crippen LogP contribution is -2.32. The summed E-state index contributed by atoms with van der Waals surface area (Å²) >= 11 is 3.27. The second-order valence-corrected chi connectivity index (χ2v) is 9.80. The molecule has 0 amide bonds. The molecule has 0 unspecified atom stereocenters. The fraction of sp³-hybridized carbons (Fsp3) is 0.375. The van der Waals surface area contributed by atoms with Gasteiger partial charge in [0.2, 0.25) is 5.95 Å². The highest BCUT2D eigenvalue weighted by atomic mass is 32.2. The highest BCUT2D eigenvalue weighted by Crippen LogP contribution is 2.35. The normalized spacial score (nSPS) is 13.9. The fourth-order valence-electron chi connectivity index (χ4n) is 4.03. The molecule has 0 bridgehead atoms. The average molecular weight is 498 g/mol. The molecular weight excluding hydrogens is 470 g/mol. The molecule has 1 saturated heterocycles. The van der Waals surface area contributed by atoms with Crippen LogP contribution < -0.4 is 14.4 Å². The van der Waals surface area contributed by atoms with Gasteiger partial charge in [0.05, 0.1) is 32.7 Å². The largest absolute Gasteiger partial charge is 0.493 e. The summed E-state index contributed by atoms with van der Waals surface area (Å²) in [7, 11) is 3.28. The lowest BCUT2D eigenvalue weighted by molar-refractivity contribution is 0.355. The molecule has 4 aromatic rings. The molecule has 0 atom stereocenters. The SMILES string of the molecule is COc1ccc(-c2nc(CSc3nnc(N4CCCCC4)n3Cc3ccco3)cs2)cc1OC. The Morgan fingerprint density at radius 2 is 1.91 bits per heavy atom. The number of hydrogen-bond acceptors (Lipinski definition) is 9. The van der Waals surface area contributed by atoms with Crippen molar-refractivity contribution in [3.05, 3.63) is 53.4 Å². The van der Waals surface area contributed by atoms with E-state index in [9.17, 15) is 0 Å². The molecule has 1 aliphatic heterocycles. The van der Waals surface area contributed by atoms with Crippen molar-refractivity contribution in [3.63, 3.8) is 0 Å². The molecule has 1 aromatic carbocycles. The first-order chi connectivity index (χ1) is 16.7. The summed E-state index contributed by atoms with van der Waals surface area (Å²) in [6.07, 6.45) is 5.36. The number of aromatic nitrogens is 4. The van der Waals surface area contributed by atoms with Crippen molar-refractivity contribution in [2.45, 2.75) is 36.7 Å². The standard InChI is InChI=1S/C24H27N5O3S2/c1-30-20-9-8-17(13-21(20)31-2)22-25-18(15-33-22)16-34-24-27-26-23(28-10-4-3-5-11-28)29(24)14-19-7-6-12-32-19/h6-9,12-13,15H,3-5,10-11,14,16H2,1-2H3. The Hall–Kier alpha value is -2.98. The summed E-state index contributed by atoms with van der Waals surface area (Å²) in [5, 5.41) is 13.0. The highest BCUT2D eigenvalue weighted by molar-refractivity contribution is 7.98. The lowest BCUT2D eigenvalue weighted by Gasteiger charge is -2.27. The molecule has 4 heterocycles. The van der Waals surface area contributed by atoms with Gasteiger partial charge in [-0.05, 0) is 49.6 Å². The van der Waals surface area contributed by atoms with Crippen LogP contribution in [-0.2, 0) is 12.3 Å². The van der Waals surface area contributed by atoms with Gasteiger partial charge in [0.25, 0.3) is 0 Å². The molecule has 8 nitrogen and oxygen atoms in total. The van der Waals surface area contributed by atoms with E-state index >= 15 is 0 Å². The van der Waals surface area contributed by atoms with Crippen molar-refractivity contribution in [1.29, 1.82) is 0 Å². The predicted molar refractivity (Wildman–Crippen MR) is 134 cm³/mol. The van der Waals surface area contributed by atoms with E-state index < -0.39 is 0 Å². The third-order valence-corrected chi connectivity index (χ3v) is 7.70. The van der Waals surface area contributed by atoms with Crippen LogP contribution in [0.15, 0.2) is 51.5 Å². The first-order valence-corrected chi connectivity index (χ1v) is 13.1. The molecular formula is C24H27N5O3S2. The predicted octanol–water partition coefficient (Wildman–Crippen LogP) is 5.34. The molecule has 0 saturated carbocycles. The number of thioether (sulfide) groups is 1. The van der Waals surface area contributed by atoms with Gasteiger partial charge < -0.3 is 18.8 Å². The Bertz CT molecular complexity index is 1220. The van der Waals surface area contributed by atoms with Crippen LogP contribution in [0.5, 0.6) is 11.5 Å². The number of piperidine rings is 1. The monoisotopic (exact) mass is 497 g/mol. The highest BCUT2D eigenvalue weighted by Gasteiger charge is 2.21. The summed E-state index contributed by atoms with van der Waals surface area (Å²) < 4.78 is 18.6. The summed E-state index contributed by atoms with van der Waals surface area (Å²) in [5.41, 5.74) is 2.01. The third kappa shape index (κ3) is 4.92. The maximum Gasteiger partial charge on any atom is 0.228 e. The van der Waals surface area contributed by atoms with Gasteiger partial charge in [-0.1, -0.05) is 11.8 Å². The number of methoxy groups -OCH3 is 2. The second-order valence-electron chi connectivity index (χ2n) is 8.00. The third-order valence-electron chi connectivity index (χ3n) is 5.76. The number of thiazole rings is 1. The Morgan fingerprint density at radius 1 is 1.06 bits per heavy atom. The molecule has 5 rings (SSSR count). The van der Waals surface area contributed by atoms with E-state index in [4.69, 9.17) is 18.9 Å². The molecule has 3 aromatic heterocycles. The summed E-state index contributed by atoms with van der Waals surface area (Å²) in [6, 6.07) is 9.77. The molecule has 10 heteroatoms. The van der Waals surface area contributed by atoms with Crippen molar-refractivity contribution in [2.24, 2.45) is 0 Å². The van der Waals surface area contributed by atoms with E-state index in [1.807, 2.05) is 30.3 Å². The van der Waals surface area contributed by atoms with Gasteiger partial charge in [-0.15, -0.1) is 21.5 Å².